The van der Waals surface area contributed by atoms with Crippen LogP contribution in [-0.4, -0.2) is 72.2 Å². The average molecular weight is 466 g/mol. The third kappa shape index (κ3) is 4.06. The summed E-state index contributed by atoms with van der Waals surface area (Å²) in [6.45, 7) is 13.4. The van der Waals surface area contributed by atoms with Crippen LogP contribution in [0.5, 0.6) is 0 Å². The number of pyridine rings is 1. The van der Waals surface area contributed by atoms with Gasteiger partial charge in [0.1, 0.15) is 22.8 Å². The normalized spacial score (nSPS) is 21.1. The summed E-state index contributed by atoms with van der Waals surface area (Å²) in [5.41, 5.74) is 4.38. The molecular weight excluding hydrogens is 430 g/mol. The van der Waals surface area contributed by atoms with Gasteiger partial charge in [-0.1, -0.05) is 13.8 Å². The quantitative estimate of drug-likeness (QED) is 0.596. The number of rotatable bonds is 5. The Labute approximate surface area is 200 Å². The van der Waals surface area contributed by atoms with E-state index in [1.165, 1.54) is 41.6 Å². The highest BCUT2D eigenvalue weighted by molar-refractivity contribution is 7.26. The summed E-state index contributed by atoms with van der Waals surface area (Å²) in [6, 6.07) is 0. The zero-order chi connectivity index (χ0) is 22.4. The fourth-order valence-corrected chi connectivity index (χ4v) is 6.89. The summed E-state index contributed by atoms with van der Waals surface area (Å²) in [6.07, 6.45) is 7.73. The zero-order valence-electron chi connectivity index (χ0n) is 19.9. The van der Waals surface area contributed by atoms with Crippen LogP contribution in [0.25, 0.3) is 20.4 Å². The van der Waals surface area contributed by atoms with Crippen LogP contribution in [0.4, 0.5) is 11.6 Å². The lowest BCUT2D eigenvalue weighted by Crippen LogP contribution is -2.45. The minimum Gasteiger partial charge on any atom is -0.367 e. The Balaban J connectivity index is 1.40. The number of nitrogens with zero attached hydrogens (tertiary/aromatic N) is 5. The van der Waals surface area contributed by atoms with Gasteiger partial charge in [-0.2, -0.15) is 0 Å². The number of anilines is 2. The first-order valence-corrected chi connectivity index (χ1v) is 13.4. The van der Waals surface area contributed by atoms with E-state index in [-0.39, 0.29) is 0 Å². The summed E-state index contributed by atoms with van der Waals surface area (Å²) in [7, 11) is 0. The van der Waals surface area contributed by atoms with Crippen LogP contribution in [0, 0.1) is 5.41 Å². The van der Waals surface area contributed by atoms with Gasteiger partial charge in [-0.05, 0) is 48.6 Å². The molecule has 1 aliphatic carbocycles. The molecule has 0 amide bonds. The van der Waals surface area contributed by atoms with Gasteiger partial charge in [0.25, 0.3) is 0 Å². The lowest BCUT2D eigenvalue weighted by molar-refractivity contribution is 0.249. The van der Waals surface area contributed by atoms with Crippen molar-refractivity contribution < 1.29 is 0 Å². The third-order valence-electron chi connectivity index (χ3n) is 7.64. The molecule has 7 nitrogen and oxygen atoms in total. The van der Waals surface area contributed by atoms with Crippen molar-refractivity contribution in [3.8, 4) is 0 Å². The second-order valence-electron chi connectivity index (χ2n) is 10.6. The summed E-state index contributed by atoms with van der Waals surface area (Å²) in [5.74, 6) is 2.21. The predicted octanol–water partition coefficient (Wildman–Crippen LogP) is 3.67. The van der Waals surface area contributed by atoms with E-state index in [0.29, 0.717) is 5.41 Å². The molecule has 2 aliphatic heterocycles. The van der Waals surface area contributed by atoms with Crippen LogP contribution in [0.15, 0.2) is 6.33 Å². The van der Waals surface area contributed by atoms with Crippen LogP contribution in [-0.2, 0) is 12.8 Å². The molecule has 0 aromatic carbocycles. The van der Waals surface area contributed by atoms with Gasteiger partial charge < -0.3 is 15.5 Å². The molecule has 0 atom stereocenters. The molecular formula is C25H35N7S. The standard InChI is InChI=1S/C25H35N7S/c1-25(2)6-5-17-18(15-25)19-20-21(33-24(19)30-23(17)32-10-3-4-11-32)22(29-16-28-20)27-9-14-31-12-7-26-8-13-31/h16,26H,3-15H2,1-2H3,(H,27,28,29). The molecule has 3 aliphatic rings. The predicted molar refractivity (Wildman–Crippen MR) is 138 cm³/mol. The van der Waals surface area contributed by atoms with E-state index in [1.807, 2.05) is 0 Å². The fourth-order valence-electron chi connectivity index (χ4n) is 5.77. The van der Waals surface area contributed by atoms with Crippen molar-refractivity contribution in [2.45, 2.75) is 46.0 Å². The maximum Gasteiger partial charge on any atom is 0.147 e. The first-order valence-electron chi connectivity index (χ1n) is 12.6. The Morgan fingerprint density at radius 2 is 1.91 bits per heavy atom. The molecule has 0 saturated carbocycles. The molecule has 8 heteroatoms. The molecule has 0 bridgehead atoms. The molecule has 2 saturated heterocycles. The number of nitrogens with one attached hydrogen (secondary N) is 2. The molecule has 2 fully saturated rings. The lowest BCUT2D eigenvalue weighted by Gasteiger charge is -2.34. The highest BCUT2D eigenvalue weighted by Crippen LogP contribution is 2.46. The molecule has 0 unspecified atom stereocenters. The van der Waals surface area contributed by atoms with Gasteiger partial charge in [0.2, 0.25) is 0 Å². The summed E-state index contributed by atoms with van der Waals surface area (Å²) in [5, 5.41) is 8.33. The Morgan fingerprint density at radius 1 is 1.09 bits per heavy atom. The number of hydrogen-bond acceptors (Lipinski definition) is 8. The van der Waals surface area contributed by atoms with E-state index in [1.54, 1.807) is 17.7 Å². The van der Waals surface area contributed by atoms with Gasteiger partial charge in [-0.3, -0.25) is 4.90 Å². The second-order valence-corrected chi connectivity index (χ2v) is 11.6. The van der Waals surface area contributed by atoms with E-state index in [0.717, 1.165) is 86.1 Å². The molecule has 2 N–H and O–H groups in total. The van der Waals surface area contributed by atoms with Crippen molar-refractivity contribution in [2.24, 2.45) is 5.41 Å². The Bertz CT molecular complexity index is 1160. The van der Waals surface area contributed by atoms with Crippen molar-refractivity contribution in [2.75, 3.05) is 62.6 Å². The molecule has 3 aromatic rings. The van der Waals surface area contributed by atoms with Crippen LogP contribution in [0.3, 0.4) is 0 Å². The van der Waals surface area contributed by atoms with Crippen LogP contribution < -0.4 is 15.5 Å². The van der Waals surface area contributed by atoms with Crippen molar-refractivity contribution in [1.82, 2.24) is 25.2 Å². The van der Waals surface area contributed by atoms with Crippen LogP contribution >= 0.6 is 11.3 Å². The topological polar surface area (TPSA) is 69.2 Å². The van der Waals surface area contributed by atoms with Gasteiger partial charge in [0, 0.05) is 57.7 Å². The van der Waals surface area contributed by atoms with Gasteiger partial charge in [-0.25, -0.2) is 15.0 Å². The molecule has 33 heavy (non-hydrogen) atoms. The summed E-state index contributed by atoms with van der Waals surface area (Å²) < 4.78 is 1.16. The Morgan fingerprint density at radius 3 is 2.73 bits per heavy atom. The van der Waals surface area contributed by atoms with E-state index < -0.39 is 0 Å². The lowest BCUT2D eigenvalue weighted by atomic mass is 9.73. The molecule has 5 heterocycles. The minimum atomic E-state index is 0.315. The highest BCUT2D eigenvalue weighted by Gasteiger charge is 2.32. The minimum absolute atomic E-state index is 0.315. The van der Waals surface area contributed by atoms with Gasteiger partial charge in [0.05, 0.1) is 10.2 Å². The van der Waals surface area contributed by atoms with Gasteiger partial charge >= 0.3 is 0 Å². The number of fused-ring (bicyclic) bond motifs is 5. The third-order valence-corrected chi connectivity index (χ3v) is 8.72. The van der Waals surface area contributed by atoms with Crippen molar-refractivity contribution >= 4 is 43.4 Å². The van der Waals surface area contributed by atoms with Gasteiger partial charge in [0.15, 0.2) is 0 Å². The van der Waals surface area contributed by atoms with E-state index in [4.69, 9.17) is 9.97 Å². The second kappa shape index (κ2) is 8.64. The van der Waals surface area contributed by atoms with Crippen molar-refractivity contribution in [3.63, 3.8) is 0 Å². The molecule has 0 spiro atoms. The largest absolute Gasteiger partial charge is 0.367 e. The van der Waals surface area contributed by atoms with Gasteiger partial charge in [-0.15, -0.1) is 11.3 Å². The smallest absolute Gasteiger partial charge is 0.147 e. The maximum absolute atomic E-state index is 5.28. The monoisotopic (exact) mass is 465 g/mol. The Hall–Kier alpha value is -2.03. The van der Waals surface area contributed by atoms with Crippen LogP contribution in [0.2, 0.25) is 0 Å². The molecule has 6 rings (SSSR count). The maximum atomic E-state index is 5.28. The zero-order valence-corrected chi connectivity index (χ0v) is 20.7. The first-order chi connectivity index (χ1) is 16.1. The summed E-state index contributed by atoms with van der Waals surface area (Å²) in [4.78, 5) is 20.9. The van der Waals surface area contributed by atoms with Crippen molar-refractivity contribution in [3.05, 3.63) is 17.5 Å². The van der Waals surface area contributed by atoms with E-state index in [2.05, 4.69) is 39.3 Å². The number of hydrogen-bond donors (Lipinski definition) is 2. The Kier molecular flexibility index (Phi) is 5.63. The van der Waals surface area contributed by atoms with E-state index in [9.17, 15) is 0 Å². The van der Waals surface area contributed by atoms with Crippen molar-refractivity contribution in [1.29, 1.82) is 0 Å². The molecule has 0 radical (unpaired) electrons. The summed E-state index contributed by atoms with van der Waals surface area (Å²) >= 11 is 1.77. The first kappa shape index (κ1) is 21.5. The number of thiophene rings is 1. The average Bonchev–Trinajstić information content (AvgIpc) is 3.47. The fraction of sp³-hybridized carbons (Fsp3) is 0.640. The van der Waals surface area contributed by atoms with E-state index >= 15 is 0 Å². The van der Waals surface area contributed by atoms with Crippen LogP contribution in [0.1, 0.15) is 44.2 Å². The SMILES string of the molecule is CC1(C)CCc2c(N3CCCC3)nc3sc4c(NCCN5CCNCC5)ncnc4c3c2C1. The number of aromatic nitrogens is 3. The number of piperazine rings is 1. The molecule has 176 valence electrons. The highest BCUT2D eigenvalue weighted by atomic mass is 32.1. The molecule has 3 aromatic heterocycles.